The monoisotopic (exact) mass is 405 g/mol. The molecule has 0 aliphatic heterocycles. The molecule has 20 heavy (non-hydrogen) atoms. The molecule has 0 heterocycles. The lowest BCUT2D eigenvalue weighted by molar-refractivity contribution is 0.824. The van der Waals surface area contributed by atoms with Crippen LogP contribution in [-0.2, 0) is 0 Å². The third kappa shape index (κ3) is 9.25. The first-order valence-corrected chi connectivity index (χ1v) is 7.59. The predicted molar refractivity (Wildman–Crippen MR) is 101 cm³/mol. The summed E-state index contributed by atoms with van der Waals surface area (Å²) in [6, 6.07) is 10.4. The highest BCUT2D eigenvalue weighted by Gasteiger charge is 1.96. The second-order valence-electron chi connectivity index (χ2n) is 3.94. The van der Waals surface area contributed by atoms with E-state index in [2.05, 4.69) is 52.0 Å². The average molecular weight is 405 g/mol. The van der Waals surface area contributed by atoms with E-state index >= 15 is 0 Å². The van der Waals surface area contributed by atoms with Crippen molar-refractivity contribution < 1.29 is 0 Å². The van der Waals surface area contributed by atoms with Gasteiger partial charge in [-0.05, 0) is 25.5 Å². The number of benzene rings is 1. The molecule has 0 spiro atoms. The van der Waals surface area contributed by atoms with Crippen LogP contribution in [0.25, 0.3) is 0 Å². The summed E-state index contributed by atoms with van der Waals surface area (Å²) in [6.07, 6.45) is 5.23. The van der Waals surface area contributed by atoms with E-state index in [-0.39, 0.29) is 24.0 Å². The van der Waals surface area contributed by atoms with Crippen molar-refractivity contribution >= 4 is 41.7 Å². The number of aliphatic imine (C=N–C) groups is 1. The number of halogens is 1. The van der Waals surface area contributed by atoms with E-state index < -0.39 is 0 Å². The molecule has 0 aromatic heterocycles. The SMILES string of the molecule is C/C=C/CCNC(=NC)NCCSc1ccccc1.I. The Kier molecular flexibility index (Phi) is 12.8. The molecular formula is C15H24IN3S. The molecule has 112 valence electrons. The third-order valence-corrected chi connectivity index (χ3v) is 3.48. The molecule has 5 heteroatoms. The van der Waals surface area contributed by atoms with E-state index in [1.165, 1.54) is 4.90 Å². The molecule has 0 bridgehead atoms. The largest absolute Gasteiger partial charge is 0.356 e. The number of nitrogens with zero attached hydrogens (tertiary/aromatic N) is 1. The van der Waals surface area contributed by atoms with Crippen molar-refractivity contribution in [3.63, 3.8) is 0 Å². The van der Waals surface area contributed by atoms with Crippen LogP contribution < -0.4 is 10.6 Å². The van der Waals surface area contributed by atoms with Crippen LogP contribution in [0.1, 0.15) is 13.3 Å². The van der Waals surface area contributed by atoms with Gasteiger partial charge in [-0.15, -0.1) is 35.7 Å². The van der Waals surface area contributed by atoms with E-state index in [0.29, 0.717) is 0 Å². The first-order chi connectivity index (χ1) is 9.36. The number of hydrogen-bond acceptors (Lipinski definition) is 2. The van der Waals surface area contributed by atoms with Gasteiger partial charge in [0.1, 0.15) is 0 Å². The van der Waals surface area contributed by atoms with E-state index in [1.807, 2.05) is 24.8 Å². The van der Waals surface area contributed by atoms with Crippen LogP contribution in [0.2, 0.25) is 0 Å². The Hall–Kier alpha value is -0.690. The summed E-state index contributed by atoms with van der Waals surface area (Å²) in [5.41, 5.74) is 0. The smallest absolute Gasteiger partial charge is 0.191 e. The molecule has 0 radical (unpaired) electrons. The first kappa shape index (κ1) is 19.3. The zero-order valence-corrected chi connectivity index (χ0v) is 15.3. The first-order valence-electron chi connectivity index (χ1n) is 6.60. The van der Waals surface area contributed by atoms with Gasteiger partial charge in [-0.2, -0.15) is 0 Å². The van der Waals surface area contributed by atoms with Crippen LogP contribution in [0.3, 0.4) is 0 Å². The topological polar surface area (TPSA) is 36.4 Å². The molecule has 1 aromatic rings. The molecule has 0 aliphatic rings. The summed E-state index contributed by atoms with van der Waals surface area (Å²) in [5.74, 6) is 1.90. The number of rotatable bonds is 7. The summed E-state index contributed by atoms with van der Waals surface area (Å²) >= 11 is 1.85. The van der Waals surface area contributed by atoms with Crippen LogP contribution in [0.4, 0.5) is 0 Å². The van der Waals surface area contributed by atoms with Crippen molar-refractivity contribution in [2.24, 2.45) is 4.99 Å². The maximum atomic E-state index is 4.19. The van der Waals surface area contributed by atoms with Crippen molar-refractivity contribution in [2.75, 3.05) is 25.9 Å². The minimum Gasteiger partial charge on any atom is -0.356 e. The predicted octanol–water partition coefficient (Wildman–Crippen LogP) is 3.53. The zero-order valence-electron chi connectivity index (χ0n) is 12.1. The second kappa shape index (κ2) is 13.3. The summed E-state index contributed by atoms with van der Waals surface area (Å²) in [7, 11) is 1.80. The Morgan fingerprint density at radius 3 is 2.55 bits per heavy atom. The van der Waals surface area contributed by atoms with E-state index in [0.717, 1.165) is 31.2 Å². The maximum Gasteiger partial charge on any atom is 0.191 e. The number of thioether (sulfide) groups is 1. The fourth-order valence-corrected chi connectivity index (χ4v) is 2.31. The lowest BCUT2D eigenvalue weighted by Crippen LogP contribution is -2.38. The zero-order chi connectivity index (χ0) is 13.8. The second-order valence-corrected chi connectivity index (χ2v) is 5.11. The molecular weight excluding hydrogens is 381 g/mol. The Balaban J connectivity index is 0.00000361. The summed E-state index contributed by atoms with van der Waals surface area (Å²) in [4.78, 5) is 5.50. The highest BCUT2D eigenvalue weighted by atomic mass is 127. The molecule has 0 unspecified atom stereocenters. The number of hydrogen-bond donors (Lipinski definition) is 2. The Morgan fingerprint density at radius 1 is 1.20 bits per heavy atom. The van der Waals surface area contributed by atoms with Gasteiger partial charge in [-0.1, -0.05) is 30.4 Å². The summed E-state index contributed by atoms with van der Waals surface area (Å²) in [5, 5.41) is 6.59. The molecule has 0 fully saturated rings. The molecule has 0 aliphatic carbocycles. The minimum atomic E-state index is 0. The van der Waals surface area contributed by atoms with Crippen LogP contribution in [0, 0.1) is 0 Å². The van der Waals surface area contributed by atoms with Crippen molar-refractivity contribution in [1.29, 1.82) is 0 Å². The minimum absolute atomic E-state index is 0. The summed E-state index contributed by atoms with van der Waals surface area (Å²) < 4.78 is 0. The Morgan fingerprint density at radius 2 is 1.90 bits per heavy atom. The van der Waals surface area contributed by atoms with Gasteiger partial charge in [0.2, 0.25) is 0 Å². The molecule has 1 aromatic carbocycles. The Labute approximate surface area is 143 Å². The highest BCUT2D eigenvalue weighted by Crippen LogP contribution is 2.15. The van der Waals surface area contributed by atoms with Crippen molar-refractivity contribution in [1.82, 2.24) is 10.6 Å². The molecule has 3 nitrogen and oxygen atoms in total. The van der Waals surface area contributed by atoms with Crippen LogP contribution in [-0.4, -0.2) is 31.8 Å². The lowest BCUT2D eigenvalue weighted by Gasteiger charge is -2.10. The van der Waals surface area contributed by atoms with E-state index in [1.54, 1.807) is 7.05 Å². The number of guanidine groups is 1. The molecule has 0 saturated carbocycles. The fraction of sp³-hybridized carbons (Fsp3) is 0.400. The quantitative estimate of drug-likeness (QED) is 0.182. The van der Waals surface area contributed by atoms with Crippen molar-refractivity contribution in [3.05, 3.63) is 42.5 Å². The van der Waals surface area contributed by atoms with Gasteiger partial charge in [-0.3, -0.25) is 4.99 Å². The third-order valence-electron chi connectivity index (χ3n) is 2.47. The molecule has 0 amide bonds. The highest BCUT2D eigenvalue weighted by molar-refractivity contribution is 14.0. The van der Waals surface area contributed by atoms with Gasteiger partial charge < -0.3 is 10.6 Å². The molecule has 0 atom stereocenters. The fourth-order valence-electron chi connectivity index (χ4n) is 1.52. The van der Waals surface area contributed by atoms with Crippen molar-refractivity contribution in [2.45, 2.75) is 18.2 Å². The van der Waals surface area contributed by atoms with Gasteiger partial charge in [0.05, 0.1) is 0 Å². The van der Waals surface area contributed by atoms with Gasteiger partial charge in [0.25, 0.3) is 0 Å². The lowest BCUT2D eigenvalue weighted by atomic mass is 10.4. The summed E-state index contributed by atoms with van der Waals surface area (Å²) in [6.45, 7) is 3.85. The maximum absolute atomic E-state index is 4.19. The number of allylic oxidation sites excluding steroid dienone is 1. The van der Waals surface area contributed by atoms with Crippen LogP contribution >= 0.6 is 35.7 Å². The Bertz CT molecular complexity index is 393. The molecule has 2 N–H and O–H groups in total. The van der Waals surface area contributed by atoms with Crippen LogP contribution in [0.5, 0.6) is 0 Å². The average Bonchev–Trinajstić information content (AvgIpc) is 2.46. The van der Waals surface area contributed by atoms with Gasteiger partial charge in [0.15, 0.2) is 5.96 Å². The van der Waals surface area contributed by atoms with Crippen LogP contribution in [0.15, 0.2) is 52.4 Å². The van der Waals surface area contributed by atoms with Gasteiger partial charge in [-0.25, -0.2) is 0 Å². The van der Waals surface area contributed by atoms with Gasteiger partial charge >= 0.3 is 0 Å². The normalized spacial score (nSPS) is 11.2. The van der Waals surface area contributed by atoms with Gasteiger partial charge in [0, 0.05) is 30.8 Å². The van der Waals surface area contributed by atoms with Crippen molar-refractivity contribution in [3.8, 4) is 0 Å². The standard InChI is InChI=1S/C15H23N3S.HI/c1-3-4-8-11-17-15(16-2)18-12-13-19-14-9-6-5-7-10-14;/h3-7,9-10H,8,11-13H2,1-2H3,(H2,16,17,18);1H/b4-3+;. The van der Waals surface area contributed by atoms with E-state index in [9.17, 15) is 0 Å². The molecule has 0 saturated heterocycles. The molecule has 1 rings (SSSR count). The van der Waals surface area contributed by atoms with E-state index in [4.69, 9.17) is 0 Å². The number of nitrogens with one attached hydrogen (secondary N) is 2.